The van der Waals surface area contributed by atoms with Crippen LogP contribution in [-0.2, 0) is 6.54 Å². The highest BCUT2D eigenvalue weighted by Gasteiger charge is 2.11. The molecule has 6 heteroatoms. The van der Waals surface area contributed by atoms with Crippen molar-refractivity contribution in [1.82, 2.24) is 15.5 Å². The molecule has 0 aliphatic carbocycles. The van der Waals surface area contributed by atoms with Gasteiger partial charge < -0.3 is 19.2 Å². The number of rotatable bonds is 6. The second-order valence-electron chi connectivity index (χ2n) is 3.85. The smallest absolute Gasteiger partial charge is 0.247 e. The van der Waals surface area contributed by atoms with Crippen LogP contribution in [0.4, 0.5) is 0 Å². The molecule has 0 fully saturated rings. The molecular formula is C13H17N3O3. The maximum Gasteiger partial charge on any atom is 0.247 e. The number of hydrogen-bond acceptors (Lipinski definition) is 6. The molecule has 6 nitrogen and oxygen atoms in total. The summed E-state index contributed by atoms with van der Waals surface area (Å²) in [5.41, 5.74) is 0.799. The molecule has 2 aromatic rings. The summed E-state index contributed by atoms with van der Waals surface area (Å²) in [4.78, 5) is 0. The minimum Gasteiger partial charge on any atom is -0.493 e. The van der Waals surface area contributed by atoms with Crippen molar-refractivity contribution in [2.75, 3.05) is 20.8 Å². The first-order chi connectivity index (χ1) is 9.28. The monoisotopic (exact) mass is 263 g/mol. The van der Waals surface area contributed by atoms with Gasteiger partial charge in [-0.2, -0.15) is 0 Å². The molecule has 102 valence electrons. The summed E-state index contributed by atoms with van der Waals surface area (Å²) in [7, 11) is 3.19. The van der Waals surface area contributed by atoms with Crippen molar-refractivity contribution in [3.63, 3.8) is 0 Å². The van der Waals surface area contributed by atoms with Gasteiger partial charge in [0.25, 0.3) is 0 Å². The molecule has 0 spiro atoms. The van der Waals surface area contributed by atoms with E-state index in [4.69, 9.17) is 13.9 Å². The largest absolute Gasteiger partial charge is 0.493 e. The molecule has 0 saturated carbocycles. The summed E-state index contributed by atoms with van der Waals surface area (Å²) in [6.45, 7) is 3.44. The standard InChI is InChI=1S/C13H17N3O3/c1-4-14-8-12-15-16-13(19-12)9-5-6-10(17-2)11(7-9)18-3/h5-7,14H,4,8H2,1-3H3. The van der Waals surface area contributed by atoms with Gasteiger partial charge >= 0.3 is 0 Å². The SMILES string of the molecule is CCNCc1nnc(-c2ccc(OC)c(OC)c2)o1. The van der Waals surface area contributed by atoms with Gasteiger partial charge in [-0.25, -0.2) is 0 Å². The molecule has 1 aromatic heterocycles. The summed E-state index contributed by atoms with van der Waals surface area (Å²) in [5, 5.41) is 11.1. The van der Waals surface area contributed by atoms with Gasteiger partial charge in [-0.3, -0.25) is 0 Å². The Kier molecular flexibility index (Phi) is 4.35. The maximum atomic E-state index is 5.56. The molecule has 0 amide bonds. The lowest BCUT2D eigenvalue weighted by atomic mass is 10.2. The zero-order chi connectivity index (χ0) is 13.7. The van der Waals surface area contributed by atoms with Crippen LogP contribution in [0.5, 0.6) is 11.5 Å². The van der Waals surface area contributed by atoms with Gasteiger partial charge in [0, 0.05) is 5.56 Å². The lowest BCUT2D eigenvalue weighted by molar-refractivity contribution is 0.355. The van der Waals surface area contributed by atoms with Crippen LogP contribution in [0.25, 0.3) is 11.5 Å². The molecule has 0 unspecified atom stereocenters. The zero-order valence-corrected chi connectivity index (χ0v) is 11.3. The van der Waals surface area contributed by atoms with Crippen molar-refractivity contribution in [3.8, 4) is 23.0 Å². The van der Waals surface area contributed by atoms with Crippen molar-refractivity contribution >= 4 is 0 Å². The summed E-state index contributed by atoms with van der Waals surface area (Å²) < 4.78 is 16.0. The van der Waals surface area contributed by atoms with Gasteiger partial charge in [0.2, 0.25) is 11.8 Å². The third-order valence-electron chi connectivity index (χ3n) is 2.62. The second-order valence-corrected chi connectivity index (χ2v) is 3.85. The average molecular weight is 263 g/mol. The summed E-state index contributed by atoms with van der Waals surface area (Å²) in [6.07, 6.45) is 0. The van der Waals surface area contributed by atoms with Gasteiger partial charge in [-0.1, -0.05) is 6.92 Å². The van der Waals surface area contributed by atoms with E-state index in [1.165, 1.54) is 0 Å². The molecule has 0 saturated heterocycles. The van der Waals surface area contributed by atoms with Crippen molar-refractivity contribution in [1.29, 1.82) is 0 Å². The van der Waals surface area contributed by atoms with Gasteiger partial charge in [0.1, 0.15) is 0 Å². The zero-order valence-electron chi connectivity index (χ0n) is 11.3. The van der Waals surface area contributed by atoms with Crippen molar-refractivity contribution in [2.24, 2.45) is 0 Å². The number of aromatic nitrogens is 2. The molecule has 19 heavy (non-hydrogen) atoms. The highest BCUT2D eigenvalue weighted by Crippen LogP contribution is 2.31. The fraction of sp³-hybridized carbons (Fsp3) is 0.385. The molecule has 0 aliphatic rings. The van der Waals surface area contributed by atoms with Crippen LogP contribution in [-0.4, -0.2) is 31.0 Å². The van der Waals surface area contributed by atoms with Gasteiger partial charge in [-0.15, -0.1) is 10.2 Å². The van der Waals surface area contributed by atoms with Crippen molar-refractivity contribution in [3.05, 3.63) is 24.1 Å². The van der Waals surface area contributed by atoms with Crippen LogP contribution in [0.15, 0.2) is 22.6 Å². The van der Waals surface area contributed by atoms with Crippen LogP contribution < -0.4 is 14.8 Å². The molecule has 0 atom stereocenters. The number of ether oxygens (including phenoxy) is 2. The Morgan fingerprint density at radius 1 is 1.16 bits per heavy atom. The summed E-state index contributed by atoms with van der Waals surface area (Å²) in [5.74, 6) is 2.32. The van der Waals surface area contributed by atoms with Crippen LogP contribution in [0.1, 0.15) is 12.8 Å². The highest BCUT2D eigenvalue weighted by atomic mass is 16.5. The Morgan fingerprint density at radius 3 is 2.63 bits per heavy atom. The fourth-order valence-electron chi connectivity index (χ4n) is 1.64. The predicted octanol–water partition coefficient (Wildman–Crippen LogP) is 1.86. The van der Waals surface area contributed by atoms with E-state index in [1.807, 2.05) is 25.1 Å². The average Bonchev–Trinajstić information content (AvgIpc) is 2.93. The fourth-order valence-corrected chi connectivity index (χ4v) is 1.64. The number of methoxy groups -OCH3 is 2. The molecule has 1 aromatic carbocycles. The lowest BCUT2D eigenvalue weighted by Gasteiger charge is -2.07. The van der Waals surface area contributed by atoms with E-state index in [2.05, 4.69) is 15.5 Å². The molecule has 0 aliphatic heterocycles. The van der Waals surface area contributed by atoms with Crippen LogP contribution in [0.3, 0.4) is 0 Å². The van der Waals surface area contributed by atoms with E-state index in [0.717, 1.165) is 12.1 Å². The minimum absolute atomic E-state index is 0.467. The highest BCUT2D eigenvalue weighted by molar-refractivity contribution is 5.59. The first kappa shape index (κ1) is 13.4. The molecular weight excluding hydrogens is 246 g/mol. The Balaban J connectivity index is 2.23. The molecule has 1 N–H and O–H groups in total. The second kappa shape index (κ2) is 6.19. The van der Waals surface area contributed by atoms with Gasteiger partial charge in [0.15, 0.2) is 11.5 Å². The van der Waals surface area contributed by atoms with Crippen molar-refractivity contribution < 1.29 is 13.9 Å². The number of nitrogens with one attached hydrogen (secondary N) is 1. The van der Waals surface area contributed by atoms with Gasteiger partial charge in [-0.05, 0) is 24.7 Å². The summed E-state index contributed by atoms with van der Waals surface area (Å²) >= 11 is 0. The molecule has 2 rings (SSSR count). The van der Waals surface area contributed by atoms with E-state index in [0.29, 0.717) is 29.8 Å². The maximum absolute atomic E-state index is 5.56. The van der Waals surface area contributed by atoms with Crippen molar-refractivity contribution in [2.45, 2.75) is 13.5 Å². The normalized spacial score (nSPS) is 10.5. The quantitative estimate of drug-likeness (QED) is 0.858. The lowest BCUT2D eigenvalue weighted by Crippen LogP contribution is -2.11. The Morgan fingerprint density at radius 2 is 1.95 bits per heavy atom. The number of benzene rings is 1. The third kappa shape index (κ3) is 3.03. The molecule has 0 radical (unpaired) electrons. The van der Waals surface area contributed by atoms with E-state index in [-0.39, 0.29) is 0 Å². The van der Waals surface area contributed by atoms with Gasteiger partial charge in [0.05, 0.1) is 20.8 Å². The summed E-state index contributed by atoms with van der Waals surface area (Å²) in [6, 6.07) is 5.47. The minimum atomic E-state index is 0.467. The predicted molar refractivity (Wildman–Crippen MR) is 70.2 cm³/mol. The van der Waals surface area contributed by atoms with E-state index < -0.39 is 0 Å². The Labute approximate surface area is 111 Å². The first-order valence-electron chi connectivity index (χ1n) is 6.04. The van der Waals surface area contributed by atoms with E-state index in [1.54, 1.807) is 14.2 Å². The number of nitrogens with zero attached hydrogens (tertiary/aromatic N) is 2. The van der Waals surface area contributed by atoms with E-state index >= 15 is 0 Å². The van der Waals surface area contributed by atoms with Crippen LogP contribution in [0.2, 0.25) is 0 Å². The Bertz CT molecular complexity index is 540. The third-order valence-corrected chi connectivity index (χ3v) is 2.62. The van der Waals surface area contributed by atoms with Crippen LogP contribution >= 0.6 is 0 Å². The van der Waals surface area contributed by atoms with E-state index in [9.17, 15) is 0 Å². The van der Waals surface area contributed by atoms with Crippen LogP contribution in [0, 0.1) is 0 Å². The topological polar surface area (TPSA) is 69.4 Å². The molecule has 1 heterocycles. The first-order valence-corrected chi connectivity index (χ1v) is 6.04. The molecule has 0 bridgehead atoms. The number of hydrogen-bond donors (Lipinski definition) is 1. The Hall–Kier alpha value is -2.08.